The van der Waals surface area contributed by atoms with Crippen molar-refractivity contribution in [3.8, 4) is 0 Å². The number of aliphatic hydroxyl groups is 1. The summed E-state index contributed by atoms with van der Waals surface area (Å²) in [7, 11) is 0. The van der Waals surface area contributed by atoms with Crippen LogP contribution >= 0.6 is 11.6 Å². The van der Waals surface area contributed by atoms with Gasteiger partial charge in [0.05, 0.1) is 6.10 Å². The monoisotopic (exact) mass is 174 g/mol. The van der Waals surface area contributed by atoms with E-state index in [4.69, 9.17) is 16.7 Å². The summed E-state index contributed by atoms with van der Waals surface area (Å²) in [4.78, 5) is 0. The van der Waals surface area contributed by atoms with Crippen molar-refractivity contribution in [3.63, 3.8) is 0 Å². The zero-order valence-electron chi connectivity index (χ0n) is 7.26. The summed E-state index contributed by atoms with van der Waals surface area (Å²) in [5, 5.41) is 9.69. The molecular formula is C9H15ClO. The fraction of sp³-hybridized carbons (Fsp3) is 0.556. The lowest BCUT2D eigenvalue weighted by Crippen LogP contribution is -2.06. The highest BCUT2D eigenvalue weighted by atomic mass is 35.5. The minimum absolute atomic E-state index is 0.373. The van der Waals surface area contributed by atoms with Gasteiger partial charge in [-0.1, -0.05) is 31.0 Å². The lowest BCUT2D eigenvalue weighted by molar-refractivity contribution is 0.222. The molecule has 0 radical (unpaired) electrons. The van der Waals surface area contributed by atoms with Gasteiger partial charge in [-0.05, 0) is 25.5 Å². The maximum absolute atomic E-state index is 9.05. The second-order valence-electron chi connectivity index (χ2n) is 2.31. The van der Waals surface area contributed by atoms with E-state index in [0.717, 1.165) is 12.0 Å². The molecule has 0 fully saturated rings. The summed E-state index contributed by atoms with van der Waals surface area (Å²) in [6.45, 7) is 5.96. The first-order valence-electron chi connectivity index (χ1n) is 3.91. The number of rotatable bonds is 0. The highest BCUT2D eigenvalue weighted by Crippen LogP contribution is 2.19. The second kappa shape index (κ2) is 5.39. The van der Waals surface area contributed by atoms with E-state index in [2.05, 4.69) is 0 Å². The summed E-state index contributed by atoms with van der Waals surface area (Å²) in [5.74, 6) is 0. The van der Waals surface area contributed by atoms with Crippen molar-refractivity contribution in [1.29, 1.82) is 0 Å². The van der Waals surface area contributed by atoms with E-state index in [0.29, 0.717) is 5.03 Å². The van der Waals surface area contributed by atoms with Crippen LogP contribution in [0.3, 0.4) is 0 Å². The molecule has 0 saturated carbocycles. The SMILES string of the molecule is CC.CC1=CC(Cl)=CC(O)C1. The van der Waals surface area contributed by atoms with Gasteiger partial charge in [0, 0.05) is 5.03 Å². The Morgan fingerprint density at radius 1 is 1.55 bits per heavy atom. The van der Waals surface area contributed by atoms with Crippen molar-refractivity contribution in [2.75, 3.05) is 0 Å². The Balaban J connectivity index is 0.000000461. The molecule has 1 unspecified atom stereocenters. The van der Waals surface area contributed by atoms with E-state index in [-0.39, 0.29) is 6.10 Å². The summed E-state index contributed by atoms with van der Waals surface area (Å²) in [6.07, 6.45) is 3.86. The fourth-order valence-electron chi connectivity index (χ4n) is 0.915. The first-order chi connectivity index (χ1) is 5.18. The first kappa shape index (κ1) is 10.7. The van der Waals surface area contributed by atoms with Gasteiger partial charge in [-0.3, -0.25) is 0 Å². The molecule has 64 valence electrons. The lowest BCUT2D eigenvalue weighted by Gasteiger charge is -2.10. The molecule has 1 atom stereocenters. The van der Waals surface area contributed by atoms with Crippen molar-refractivity contribution in [2.45, 2.75) is 33.3 Å². The van der Waals surface area contributed by atoms with E-state index in [1.165, 1.54) is 0 Å². The fourth-order valence-corrected chi connectivity index (χ4v) is 1.25. The van der Waals surface area contributed by atoms with Crippen LogP contribution in [0.4, 0.5) is 0 Å². The van der Waals surface area contributed by atoms with Crippen LogP contribution in [0.25, 0.3) is 0 Å². The minimum Gasteiger partial charge on any atom is -0.389 e. The number of hydrogen-bond donors (Lipinski definition) is 1. The van der Waals surface area contributed by atoms with Crippen molar-refractivity contribution in [1.82, 2.24) is 0 Å². The predicted molar refractivity (Wildman–Crippen MR) is 49.7 cm³/mol. The van der Waals surface area contributed by atoms with E-state index in [1.54, 1.807) is 6.08 Å². The van der Waals surface area contributed by atoms with Crippen LogP contribution in [0, 0.1) is 0 Å². The van der Waals surface area contributed by atoms with Crippen molar-refractivity contribution in [3.05, 3.63) is 22.8 Å². The van der Waals surface area contributed by atoms with Crippen LogP contribution in [-0.4, -0.2) is 11.2 Å². The second-order valence-corrected chi connectivity index (χ2v) is 2.75. The lowest BCUT2D eigenvalue weighted by atomic mass is 10.0. The van der Waals surface area contributed by atoms with E-state index in [1.807, 2.05) is 26.8 Å². The molecule has 1 rings (SSSR count). The molecular weight excluding hydrogens is 160 g/mol. The van der Waals surface area contributed by atoms with E-state index in [9.17, 15) is 0 Å². The van der Waals surface area contributed by atoms with Gasteiger partial charge < -0.3 is 5.11 Å². The van der Waals surface area contributed by atoms with Gasteiger partial charge in [-0.25, -0.2) is 0 Å². The average molecular weight is 175 g/mol. The highest BCUT2D eigenvalue weighted by Gasteiger charge is 2.07. The zero-order valence-corrected chi connectivity index (χ0v) is 8.02. The Labute approximate surface area is 73.4 Å². The van der Waals surface area contributed by atoms with Gasteiger partial charge in [0.2, 0.25) is 0 Å². The van der Waals surface area contributed by atoms with Gasteiger partial charge in [-0.15, -0.1) is 0 Å². The van der Waals surface area contributed by atoms with Crippen LogP contribution in [0.1, 0.15) is 27.2 Å². The van der Waals surface area contributed by atoms with Crippen LogP contribution in [0.5, 0.6) is 0 Å². The Bertz CT molecular complexity index is 170. The topological polar surface area (TPSA) is 20.2 Å². The highest BCUT2D eigenvalue weighted by molar-refractivity contribution is 6.31. The summed E-state index contributed by atoms with van der Waals surface area (Å²) in [6, 6.07) is 0. The molecule has 0 spiro atoms. The third kappa shape index (κ3) is 4.23. The predicted octanol–water partition coefficient (Wildman–Crippen LogP) is 2.85. The molecule has 1 N–H and O–H groups in total. The maximum atomic E-state index is 9.05. The van der Waals surface area contributed by atoms with Crippen LogP contribution in [-0.2, 0) is 0 Å². The molecule has 0 bridgehead atoms. The van der Waals surface area contributed by atoms with Crippen molar-refractivity contribution in [2.24, 2.45) is 0 Å². The summed E-state index contributed by atoms with van der Waals surface area (Å²) < 4.78 is 0. The van der Waals surface area contributed by atoms with Gasteiger partial charge >= 0.3 is 0 Å². The Kier molecular flexibility index (Phi) is 5.26. The van der Waals surface area contributed by atoms with Crippen LogP contribution in [0.2, 0.25) is 0 Å². The third-order valence-corrected chi connectivity index (χ3v) is 1.50. The number of hydrogen-bond acceptors (Lipinski definition) is 1. The van der Waals surface area contributed by atoms with E-state index < -0.39 is 0 Å². The van der Waals surface area contributed by atoms with Gasteiger partial charge in [0.25, 0.3) is 0 Å². The molecule has 0 heterocycles. The molecule has 11 heavy (non-hydrogen) atoms. The largest absolute Gasteiger partial charge is 0.389 e. The normalized spacial score (nSPS) is 22.8. The Hall–Kier alpha value is -0.270. The molecule has 0 aromatic carbocycles. The van der Waals surface area contributed by atoms with Crippen molar-refractivity contribution < 1.29 is 5.11 Å². The Morgan fingerprint density at radius 2 is 2.09 bits per heavy atom. The molecule has 0 saturated heterocycles. The smallest absolute Gasteiger partial charge is 0.0775 e. The average Bonchev–Trinajstić information content (AvgIpc) is 1.88. The molecule has 0 aromatic heterocycles. The van der Waals surface area contributed by atoms with E-state index >= 15 is 0 Å². The summed E-state index contributed by atoms with van der Waals surface area (Å²) >= 11 is 5.63. The quantitative estimate of drug-likeness (QED) is 0.599. The third-order valence-electron chi connectivity index (χ3n) is 1.27. The molecule has 0 amide bonds. The molecule has 1 aliphatic carbocycles. The van der Waals surface area contributed by atoms with Gasteiger partial charge in [-0.2, -0.15) is 0 Å². The summed E-state index contributed by atoms with van der Waals surface area (Å²) in [5.41, 5.74) is 1.13. The Morgan fingerprint density at radius 3 is 2.45 bits per heavy atom. The molecule has 0 aliphatic heterocycles. The van der Waals surface area contributed by atoms with Gasteiger partial charge in [0.15, 0.2) is 0 Å². The zero-order chi connectivity index (χ0) is 8.85. The standard InChI is InChI=1S/C7H9ClO.C2H6/c1-5-2-6(8)4-7(9)3-5;1-2/h2,4,7,9H,3H2,1H3;1-2H3. The van der Waals surface area contributed by atoms with Crippen LogP contribution in [0.15, 0.2) is 22.8 Å². The number of halogens is 1. The number of allylic oxidation sites excluding steroid dienone is 2. The molecule has 2 heteroatoms. The molecule has 0 aromatic rings. The van der Waals surface area contributed by atoms with Crippen LogP contribution < -0.4 is 0 Å². The number of aliphatic hydroxyl groups excluding tert-OH is 1. The first-order valence-corrected chi connectivity index (χ1v) is 4.29. The van der Waals surface area contributed by atoms with Crippen molar-refractivity contribution >= 4 is 11.6 Å². The minimum atomic E-state index is -0.373. The molecule has 1 aliphatic rings. The van der Waals surface area contributed by atoms with Gasteiger partial charge in [0.1, 0.15) is 0 Å². The molecule has 1 nitrogen and oxygen atoms in total. The maximum Gasteiger partial charge on any atom is 0.0775 e.